The van der Waals surface area contributed by atoms with Crippen LogP contribution in [0.2, 0.25) is 5.02 Å². The van der Waals surface area contributed by atoms with E-state index in [1.54, 1.807) is 0 Å². The summed E-state index contributed by atoms with van der Waals surface area (Å²) in [5.74, 6) is 0.781. The van der Waals surface area contributed by atoms with Crippen molar-refractivity contribution in [2.24, 2.45) is 0 Å². The highest BCUT2D eigenvalue weighted by atomic mass is 79.9. The molecule has 1 N–H and O–H groups in total. The van der Waals surface area contributed by atoms with Gasteiger partial charge in [0.05, 0.1) is 5.02 Å². The summed E-state index contributed by atoms with van der Waals surface area (Å²) in [6.45, 7) is 9.29. The van der Waals surface area contributed by atoms with E-state index in [1.165, 1.54) is 0 Å². The lowest BCUT2D eigenvalue weighted by molar-refractivity contribution is 0.209. The Kier molecular flexibility index (Phi) is 7.19. The van der Waals surface area contributed by atoms with Crippen molar-refractivity contribution in [2.75, 3.05) is 6.54 Å². The monoisotopic (exact) mass is 347 g/mol. The molecule has 1 rings (SSSR count). The van der Waals surface area contributed by atoms with Gasteiger partial charge in [0.25, 0.3) is 0 Å². The maximum Gasteiger partial charge on any atom is 0.141 e. The Morgan fingerprint density at radius 3 is 2.47 bits per heavy atom. The van der Waals surface area contributed by atoms with Gasteiger partial charge in [-0.15, -0.1) is 0 Å². The first-order valence-corrected chi connectivity index (χ1v) is 8.00. The van der Waals surface area contributed by atoms with Crippen LogP contribution >= 0.6 is 27.5 Å². The van der Waals surface area contributed by atoms with E-state index in [-0.39, 0.29) is 6.10 Å². The van der Waals surface area contributed by atoms with Crippen molar-refractivity contribution < 1.29 is 4.74 Å². The van der Waals surface area contributed by atoms with E-state index in [9.17, 15) is 0 Å². The van der Waals surface area contributed by atoms with Gasteiger partial charge in [-0.25, -0.2) is 0 Å². The lowest BCUT2D eigenvalue weighted by atomic mass is 10.1. The summed E-state index contributed by atoms with van der Waals surface area (Å²) in [6.07, 6.45) is 2.38. The molecule has 4 heteroatoms. The van der Waals surface area contributed by atoms with Crippen molar-refractivity contribution in [1.29, 1.82) is 0 Å². The largest absolute Gasteiger partial charge is 0.488 e. The molecule has 108 valence electrons. The van der Waals surface area contributed by atoms with Gasteiger partial charge in [0, 0.05) is 17.1 Å². The van der Waals surface area contributed by atoms with E-state index in [2.05, 4.69) is 42.0 Å². The highest BCUT2D eigenvalue weighted by Gasteiger charge is 2.12. The third-order valence-corrected chi connectivity index (χ3v) is 3.93. The maximum absolute atomic E-state index is 6.22. The van der Waals surface area contributed by atoms with Crippen LogP contribution in [0, 0.1) is 6.92 Å². The number of hydrogen-bond donors (Lipinski definition) is 1. The SMILES string of the molecule is CCC(CC)NCC(C)Oc1c(C)cc(Br)cc1Cl. The van der Waals surface area contributed by atoms with Crippen LogP contribution in [0.3, 0.4) is 0 Å². The zero-order chi connectivity index (χ0) is 14.4. The van der Waals surface area contributed by atoms with Gasteiger partial charge in [-0.1, -0.05) is 41.4 Å². The number of benzene rings is 1. The van der Waals surface area contributed by atoms with Gasteiger partial charge in [-0.2, -0.15) is 0 Å². The van der Waals surface area contributed by atoms with E-state index in [0.717, 1.165) is 35.2 Å². The minimum absolute atomic E-state index is 0.0953. The summed E-state index contributed by atoms with van der Waals surface area (Å²) in [5.41, 5.74) is 1.05. The predicted octanol–water partition coefficient (Wildman–Crippen LogP) is 4.96. The van der Waals surface area contributed by atoms with Gasteiger partial charge in [-0.3, -0.25) is 0 Å². The van der Waals surface area contributed by atoms with E-state index >= 15 is 0 Å². The molecular formula is C15H23BrClNO. The van der Waals surface area contributed by atoms with Gasteiger partial charge in [0.2, 0.25) is 0 Å². The summed E-state index contributed by atoms with van der Waals surface area (Å²) in [5, 5.41) is 4.17. The second kappa shape index (κ2) is 8.13. The highest BCUT2D eigenvalue weighted by Crippen LogP contribution is 2.32. The Labute approximate surface area is 130 Å². The summed E-state index contributed by atoms with van der Waals surface area (Å²) in [7, 11) is 0. The van der Waals surface area contributed by atoms with Crippen LogP contribution in [0.1, 0.15) is 39.2 Å². The Hall–Kier alpha value is -0.250. The molecule has 1 unspecified atom stereocenters. The van der Waals surface area contributed by atoms with Crippen LogP contribution in [0.5, 0.6) is 5.75 Å². The summed E-state index contributed by atoms with van der Waals surface area (Å²) in [4.78, 5) is 0. The zero-order valence-corrected chi connectivity index (χ0v) is 14.4. The van der Waals surface area contributed by atoms with Crippen LogP contribution in [0.15, 0.2) is 16.6 Å². The predicted molar refractivity (Wildman–Crippen MR) is 86.4 cm³/mol. The fraction of sp³-hybridized carbons (Fsp3) is 0.600. The van der Waals surface area contributed by atoms with Crippen molar-refractivity contribution in [3.63, 3.8) is 0 Å². The van der Waals surface area contributed by atoms with Gasteiger partial charge < -0.3 is 10.1 Å². The summed E-state index contributed by atoms with van der Waals surface area (Å²) in [6, 6.07) is 4.44. The zero-order valence-electron chi connectivity index (χ0n) is 12.1. The third kappa shape index (κ3) is 5.33. The Morgan fingerprint density at radius 1 is 1.32 bits per heavy atom. The molecule has 0 saturated carbocycles. The van der Waals surface area contributed by atoms with Gasteiger partial charge >= 0.3 is 0 Å². The summed E-state index contributed by atoms with van der Waals surface area (Å²) >= 11 is 9.65. The standard InChI is InChI=1S/C15H23BrClNO/c1-5-13(6-2)18-9-11(4)19-15-10(3)7-12(16)8-14(15)17/h7-8,11,13,18H,5-6,9H2,1-4H3. The van der Waals surface area contributed by atoms with E-state index in [4.69, 9.17) is 16.3 Å². The van der Waals surface area contributed by atoms with Crippen molar-refractivity contribution in [1.82, 2.24) is 5.32 Å². The normalized spacial score (nSPS) is 12.8. The molecule has 19 heavy (non-hydrogen) atoms. The number of rotatable bonds is 7. The smallest absolute Gasteiger partial charge is 0.141 e. The molecule has 0 saturated heterocycles. The summed E-state index contributed by atoms with van der Waals surface area (Å²) < 4.78 is 6.93. The molecule has 0 aromatic heterocycles. The van der Waals surface area contributed by atoms with Crippen LogP contribution in [0.25, 0.3) is 0 Å². The third-order valence-electron chi connectivity index (χ3n) is 3.19. The van der Waals surface area contributed by atoms with Gasteiger partial charge in [0.1, 0.15) is 11.9 Å². The van der Waals surface area contributed by atoms with Crippen LogP contribution < -0.4 is 10.1 Å². The molecule has 0 fully saturated rings. The Bertz CT molecular complexity index is 384. The average molecular weight is 349 g/mol. The van der Waals surface area contributed by atoms with Crippen LogP contribution in [-0.2, 0) is 0 Å². The molecule has 1 aromatic rings. The minimum atomic E-state index is 0.0953. The van der Waals surface area contributed by atoms with Crippen molar-refractivity contribution in [3.05, 3.63) is 27.2 Å². The van der Waals surface area contributed by atoms with E-state index < -0.39 is 0 Å². The molecular weight excluding hydrogens is 326 g/mol. The Balaban J connectivity index is 2.60. The van der Waals surface area contributed by atoms with Gasteiger partial charge in [-0.05, 0) is 44.4 Å². The van der Waals surface area contributed by atoms with Crippen molar-refractivity contribution in [3.8, 4) is 5.75 Å². The quantitative estimate of drug-likeness (QED) is 0.752. The Morgan fingerprint density at radius 2 is 1.95 bits per heavy atom. The number of aryl methyl sites for hydroxylation is 1. The van der Waals surface area contributed by atoms with Crippen LogP contribution in [0.4, 0.5) is 0 Å². The molecule has 0 aliphatic rings. The number of ether oxygens (including phenoxy) is 1. The lowest BCUT2D eigenvalue weighted by Gasteiger charge is -2.21. The number of halogens is 2. The first-order chi connectivity index (χ1) is 8.97. The molecule has 0 amide bonds. The number of nitrogens with one attached hydrogen (secondary N) is 1. The molecule has 0 spiro atoms. The fourth-order valence-corrected chi connectivity index (χ4v) is 3.01. The molecule has 1 atom stereocenters. The molecule has 0 aliphatic carbocycles. The van der Waals surface area contributed by atoms with Crippen molar-refractivity contribution in [2.45, 2.75) is 52.7 Å². The number of hydrogen-bond acceptors (Lipinski definition) is 2. The van der Waals surface area contributed by atoms with Gasteiger partial charge in [0.15, 0.2) is 0 Å². The average Bonchev–Trinajstić information content (AvgIpc) is 2.35. The molecule has 0 radical (unpaired) electrons. The first kappa shape index (κ1) is 16.8. The molecule has 0 bridgehead atoms. The lowest BCUT2D eigenvalue weighted by Crippen LogP contribution is -2.36. The first-order valence-electron chi connectivity index (χ1n) is 6.83. The fourth-order valence-electron chi connectivity index (χ4n) is 1.99. The molecule has 2 nitrogen and oxygen atoms in total. The topological polar surface area (TPSA) is 21.3 Å². The minimum Gasteiger partial charge on any atom is -0.488 e. The highest BCUT2D eigenvalue weighted by molar-refractivity contribution is 9.10. The van der Waals surface area contributed by atoms with E-state index in [1.807, 2.05) is 19.1 Å². The second-order valence-corrected chi connectivity index (χ2v) is 6.21. The molecule has 1 aromatic carbocycles. The molecule has 0 aliphatic heterocycles. The second-order valence-electron chi connectivity index (χ2n) is 4.88. The molecule has 0 heterocycles. The van der Waals surface area contributed by atoms with Crippen LogP contribution in [-0.4, -0.2) is 18.7 Å². The van der Waals surface area contributed by atoms with E-state index in [0.29, 0.717) is 11.1 Å². The van der Waals surface area contributed by atoms with Crippen molar-refractivity contribution >= 4 is 27.5 Å². The maximum atomic E-state index is 6.22.